The number of morpholine rings is 1. The molecule has 2 aromatic carbocycles. The molecule has 1 fully saturated rings. The van der Waals surface area contributed by atoms with Crippen molar-refractivity contribution in [2.24, 2.45) is 0 Å². The Morgan fingerprint density at radius 2 is 1.59 bits per heavy atom. The first-order chi connectivity index (χ1) is 13.1. The summed E-state index contributed by atoms with van der Waals surface area (Å²) in [5.74, 6) is -0.148. The van der Waals surface area contributed by atoms with Gasteiger partial charge in [-0.15, -0.1) is 0 Å². The molecule has 2 aromatic rings. The van der Waals surface area contributed by atoms with E-state index < -0.39 is 0 Å². The normalized spacial score (nSPS) is 13.9. The highest BCUT2D eigenvalue weighted by Gasteiger charge is 2.15. The molecule has 6 nitrogen and oxygen atoms in total. The van der Waals surface area contributed by atoms with Gasteiger partial charge in [0.05, 0.1) is 13.2 Å². The quantitative estimate of drug-likeness (QED) is 0.880. The lowest BCUT2D eigenvalue weighted by atomic mass is 10.1. The van der Waals surface area contributed by atoms with Gasteiger partial charge in [0.15, 0.2) is 0 Å². The Balaban J connectivity index is 1.62. The van der Waals surface area contributed by atoms with Crippen LogP contribution in [0.15, 0.2) is 48.5 Å². The van der Waals surface area contributed by atoms with E-state index in [1.54, 1.807) is 31.1 Å². The van der Waals surface area contributed by atoms with Crippen LogP contribution in [0.3, 0.4) is 0 Å². The predicted octanol–water partition coefficient (Wildman–Crippen LogP) is 2.16. The summed E-state index contributed by atoms with van der Waals surface area (Å²) in [7, 11) is 3.39. The van der Waals surface area contributed by atoms with Crippen molar-refractivity contribution in [1.82, 2.24) is 10.2 Å². The van der Waals surface area contributed by atoms with Crippen molar-refractivity contribution in [2.45, 2.75) is 6.54 Å². The number of amides is 2. The summed E-state index contributed by atoms with van der Waals surface area (Å²) in [6, 6.07) is 15.0. The molecule has 0 atom stereocenters. The minimum atomic E-state index is -0.119. The average Bonchev–Trinajstić information content (AvgIpc) is 2.74. The summed E-state index contributed by atoms with van der Waals surface area (Å²) in [6.45, 7) is 3.71. The van der Waals surface area contributed by atoms with Gasteiger partial charge in [-0.2, -0.15) is 0 Å². The number of hydrogen-bond acceptors (Lipinski definition) is 4. The highest BCUT2D eigenvalue weighted by atomic mass is 16.5. The zero-order valence-electron chi connectivity index (χ0n) is 15.8. The second-order valence-electron chi connectivity index (χ2n) is 6.58. The maximum Gasteiger partial charge on any atom is 0.253 e. The highest BCUT2D eigenvalue weighted by Crippen LogP contribution is 2.18. The van der Waals surface area contributed by atoms with Crippen LogP contribution in [0, 0.1) is 0 Å². The number of benzene rings is 2. The van der Waals surface area contributed by atoms with Crippen molar-refractivity contribution in [3.8, 4) is 0 Å². The smallest absolute Gasteiger partial charge is 0.253 e. The fraction of sp³-hybridized carbons (Fsp3) is 0.333. The Labute approximate surface area is 159 Å². The molecule has 142 valence electrons. The zero-order valence-corrected chi connectivity index (χ0v) is 15.8. The van der Waals surface area contributed by atoms with E-state index in [-0.39, 0.29) is 11.8 Å². The number of carbonyl (C=O) groups is 2. The van der Waals surface area contributed by atoms with Crippen LogP contribution >= 0.6 is 0 Å². The largest absolute Gasteiger partial charge is 0.378 e. The second kappa shape index (κ2) is 8.68. The molecular formula is C21H25N3O3. The minimum absolute atomic E-state index is 0.0288. The second-order valence-corrected chi connectivity index (χ2v) is 6.58. The fourth-order valence-corrected chi connectivity index (χ4v) is 3.11. The lowest BCUT2D eigenvalue weighted by molar-refractivity contribution is 0.0784. The summed E-state index contributed by atoms with van der Waals surface area (Å²) >= 11 is 0. The lowest BCUT2D eigenvalue weighted by Gasteiger charge is -2.29. The van der Waals surface area contributed by atoms with Crippen molar-refractivity contribution in [2.75, 3.05) is 45.3 Å². The van der Waals surface area contributed by atoms with Gasteiger partial charge in [-0.25, -0.2) is 0 Å². The van der Waals surface area contributed by atoms with E-state index in [1.807, 2.05) is 36.4 Å². The first kappa shape index (κ1) is 18.9. The zero-order chi connectivity index (χ0) is 19.2. The Morgan fingerprint density at radius 3 is 2.19 bits per heavy atom. The predicted molar refractivity (Wildman–Crippen MR) is 105 cm³/mol. The molecule has 0 aromatic heterocycles. The van der Waals surface area contributed by atoms with Gasteiger partial charge >= 0.3 is 0 Å². The molecule has 1 heterocycles. The fourth-order valence-electron chi connectivity index (χ4n) is 3.11. The molecule has 1 aliphatic rings. The van der Waals surface area contributed by atoms with E-state index in [9.17, 15) is 9.59 Å². The van der Waals surface area contributed by atoms with E-state index in [0.717, 1.165) is 37.6 Å². The van der Waals surface area contributed by atoms with Crippen LogP contribution in [-0.2, 0) is 11.3 Å². The number of rotatable bonds is 5. The molecule has 1 saturated heterocycles. The van der Waals surface area contributed by atoms with Gasteiger partial charge in [-0.3, -0.25) is 9.59 Å². The van der Waals surface area contributed by atoms with Gasteiger partial charge in [0.2, 0.25) is 0 Å². The Bertz CT molecular complexity index is 781. The molecule has 0 unspecified atom stereocenters. The van der Waals surface area contributed by atoms with E-state index in [2.05, 4.69) is 10.2 Å². The summed E-state index contributed by atoms with van der Waals surface area (Å²) in [4.78, 5) is 28.2. The maximum absolute atomic E-state index is 12.7. The Morgan fingerprint density at radius 1 is 1.00 bits per heavy atom. The van der Waals surface area contributed by atoms with Crippen LogP contribution in [-0.4, -0.2) is 57.1 Å². The molecule has 27 heavy (non-hydrogen) atoms. The third-order valence-corrected chi connectivity index (χ3v) is 4.70. The SMILES string of the molecule is CNC(=O)c1ccc(CN(C)C(=O)c2ccc(N3CCOCC3)cc2)cc1. The molecule has 6 heteroatoms. The number of nitrogens with one attached hydrogen (secondary N) is 1. The first-order valence-electron chi connectivity index (χ1n) is 9.07. The molecule has 2 amide bonds. The molecular weight excluding hydrogens is 342 g/mol. The van der Waals surface area contributed by atoms with Crippen LogP contribution in [0.2, 0.25) is 0 Å². The van der Waals surface area contributed by atoms with Crippen LogP contribution in [0.4, 0.5) is 5.69 Å². The monoisotopic (exact) mass is 367 g/mol. The average molecular weight is 367 g/mol. The standard InChI is InChI=1S/C21H25N3O3/c1-22-20(25)17-5-3-16(4-6-17)15-23(2)21(26)18-7-9-19(10-8-18)24-11-13-27-14-12-24/h3-10H,11-15H2,1-2H3,(H,22,25). The molecule has 1 N–H and O–H groups in total. The number of anilines is 1. The maximum atomic E-state index is 12.7. The van der Waals surface area contributed by atoms with E-state index in [1.165, 1.54) is 0 Å². The first-order valence-corrected chi connectivity index (χ1v) is 9.07. The van der Waals surface area contributed by atoms with Crippen molar-refractivity contribution < 1.29 is 14.3 Å². The summed E-state index contributed by atoms with van der Waals surface area (Å²) < 4.78 is 5.37. The highest BCUT2D eigenvalue weighted by molar-refractivity contribution is 5.95. The molecule has 0 radical (unpaired) electrons. The molecule has 0 saturated carbocycles. The van der Waals surface area contributed by atoms with E-state index in [4.69, 9.17) is 4.74 Å². The third kappa shape index (κ3) is 4.65. The van der Waals surface area contributed by atoms with Crippen molar-refractivity contribution in [3.05, 3.63) is 65.2 Å². The molecule has 1 aliphatic heterocycles. The third-order valence-electron chi connectivity index (χ3n) is 4.70. The molecule has 0 spiro atoms. The van der Waals surface area contributed by atoms with Gasteiger partial charge in [0.25, 0.3) is 11.8 Å². The Hall–Kier alpha value is -2.86. The van der Waals surface area contributed by atoms with Crippen molar-refractivity contribution in [1.29, 1.82) is 0 Å². The molecule has 0 aliphatic carbocycles. The van der Waals surface area contributed by atoms with Gasteiger partial charge in [-0.05, 0) is 42.0 Å². The Kier molecular flexibility index (Phi) is 6.08. The number of hydrogen-bond donors (Lipinski definition) is 1. The van der Waals surface area contributed by atoms with Crippen LogP contribution in [0.5, 0.6) is 0 Å². The number of carbonyl (C=O) groups excluding carboxylic acids is 2. The minimum Gasteiger partial charge on any atom is -0.378 e. The molecule has 3 rings (SSSR count). The topological polar surface area (TPSA) is 61.9 Å². The number of ether oxygens (including phenoxy) is 1. The van der Waals surface area contributed by atoms with Crippen LogP contribution in [0.1, 0.15) is 26.3 Å². The van der Waals surface area contributed by atoms with E-state index >= 15 is 0 Å². The molecule has 0 bridgehead atoms. The summed E-state index contributed by atoms with van der Waals surface area (Å²) in [6.07, 6.45) is 0. The van der Waals surface area contributed by atoms with Gasteiger partial charge in [0, 0.05) is 50.5 Å². The van der Waals surface area contributed by atoms with Crippen molar-refractivity contribution >= 4 is 17.5 Å². The van der Waals surface area contributed by atoms with E-state index in [0.29, 0.717) is 17.7 Å². The van der Waals surface area contributed by atoms with Crippen molar-refractivity contribution in [3.63, 3.8) is 0 Å². The van der Waals surface area contributed by atoms with Gasteiger partial charge < -0.3 is 19.9 Å². The van der Waals surface area contributed by atoms with Gasteiger partial charge in [-0.1, -0.05) is 12.1 Å². The van der Waals surface area contributed by atoms with Crippen LogP contribution < -0.4 is 10.2 Å². The summed E-state index contributed by atoms with van der Waals surface area (Å²) in [5.41, 5.74) is 3.36. The summed E-state index contributed by atoms with van der Waals surface area (Å²) in [5, 5.41) is 2.60. The number of nitrogens with zero attached hydrogens (tertiary/aromatic N) is 2. The lowest BCUT2D eigenvalue weighted by Crippen LogP contribution is -2.36. The van der Waals surface area contributed by atoms with Gasteiger partial charge in [0.1, 0.15) is 0 Å². The van der Waals surface area contributed by atoms with Crippen LogP contribution in [0.25, 0.3) is 0 Å².